The predicted molar refractivity (Wildman–Crippen MR) is 65.5 cm³/mol. The maximum absolute atomic E-state index is 11.1. The highest BCUT2D eigenvalue weighted by atomic mass is 16.4. The third-order valence-corrected chi connectivity index (χ3v) is 2.34. The average Bonchev–Trinajstić information content (AvgIpc) is 2.30. The van der Waals surface area contributed by atoms with E-state index in [4.69, 9.17) is 16.6 Å². The summed E-state index contributed by atoms with van der Waals surface area (Å²) in [7, 11) is 0. The Labute approximate surface area is 97.7 Å². The first-order valence-electron chi connectivity index (χ1n) is 4.93. The van der Waals surface area contributed by atoms with Crippen LogP contribution in [0.4, 0.5) is 11.5 Å². The van der Waals surface area contributed by atoms with Crippen LogP contribution in [0.2, 0.25) is 0 Å². The molecule has 2 aromatic rings. The lowest BCUT2D eigenvalue weighted by molar-refractivity contribution is 0.0691. The van der Waals surface area contributed by atoms with E-state index in [9.17, 15) is 4.79 Å². The van der Waals surface area contributed by atoms with Crippen molar-refractivity contribution < 1.29 is 9.90 Å². The summed E-state index contributed by atoms with van der Waals surface area (Å²) in [5, 5.41) is 9.06. The Bertz CT molecular complexity index is 564. The number of hydrogen-bond acceptors (Lipinski definition) is 4. The van der Waals surface area contributed by atoms with Crippen LogP contribution in [0.3, 0.4) is 0 Å². The summed E-state index contributed by atoms with van der Waals surface area (Å²) >= 11 is 0. The van der Waals surface area contributed by atoms with E-state index in [1.807, 2.05) is 0 Å². The molecular weight excluding hydrogens is 218 g/mol. The number of carboxylic acid groups (broad SMARTS) is 1. The van der Waals surface area contributed by atoms with Crippen molar-refractivity contribution in [3.8, 4) is 11.1 Å². The zero-order valence-electron chi connectivity index (χ0n) is 8.92. The van der Waals surface area contributed by atoms with Crippen molar-refractivity contribution in [1.29, 1.82) is 0 Å². The number of aromatic carboxylic acids is 1. The van der Waals surface area contributed by atoms with Gasteiger partial charge in [-0.3, -0.25) is 0 Å². The molecule has 0 saturated heterocycles. The summed E-state index contributed by atoms with van der Waals surface area (Å²) in [6.07, 6.45) is 0. The summed E-state index contributed by atoms with van der Waals surface area (Å²) in [6.45, 7) is 0. The second-order valence-corrected chi connectivity index (χ2v) is 3.56. The van der Waals surface area contributed by atoms with E-state index >= 15 is 0 Å². The molecule has 0 spiro atoms. The zero-order chi connectivity index (χ0) is 12.4. The predicted octanol–water partition coefficient (Wildman–Crippen LogP) is 1.61. The molecule has 1 aromatic carbocycles. The average molecular weight is 229 g/mol. The molecule has 1 aromatic heterocycles. The minimum absolute atomic E-state index is 0.0604. The van der Waals surface area contributed by atoms with Crippen LogP contribution < -0.4 is 11.5 Å². The van der Waals surface area contributed by atoms with Gasteiger partial charge < -0.3 is 16.6 Å². The summed E-state index contributed by atoms with van der Waals surface area (Å²) in [5.41, 5.74) is 12.9. The van der Waals surface area contributed by atoms with Crippen LogP contribution in [0.1, 0.15) is 10.5 Å². The van der Waals surface area contributed by atoms with Crippen LogP contribution in [0.15, 0.2) is 36.4 Å². The molecule has 0 saturated carbocycles. The molecule has 0 aliphatic carbocycles. The second kappa shape index (κ2) is 4.13. The molecule has 86 valence electrons. The number of carboxylic acids is 1. The van der Waals surface area contributed by atoms with Crippen LogP contribution >= 0.6 is 0 Å². The molecule has 5 N–H and O–H groups in total. The second-order valence-electron chi connectivity index (χ2n) is 3.56. The summed E-state index contributed by atoms with van der Waals surface area (Å²) in [4.78, 5) is 14.9. The highest BCUT2D eigenvalue weighted by molar-refractivity contribution is 5.94. The van der Waals surface area contributed by atoms with E-state index in [2.05, 4.69) is 4.98 Å². The van der Waals surface area contributed by atoms with E-state index in [0.29, 0.717) is 11.3 Å². The molecule has 0 aliphatic heterocycles. The zero-order valence-corrected chi connectivity index (χ0v) is 8.92. The standard InChI is InChI=1S/C12H11N3O2/c13-8-3-1-7(2-4-8)9-5-6-10(14)15-11(9)12(16)17/h1-6H,13H2,(H2,14,15)(H,16,17). The van der Waals surface area contributed by atoms with E-state index in [1.165, 1.54) is 0 Å². The molecule has 0 unspecified atom stereocenters. The first kappa shape index (κ1) is 10.9. The van der Waals surface area contributed by atoms with Crippen molar-refractivity contribution in [2.75, 3.05) is 11.5 Å². The maximum Gasteiger partial charge on any atom is 0.355 e. The van der Waals surface area contributed by atoms with Gasteiger partial charge in [-0.05, 0) is 29.8 Å². The number of carbonyl (C=O) groups is 1. The maximum atomic E-state index is 11.1. The summed E-state index contributed by atoms with van der Waals surface area (Å²) < 4.78 is 0. The summed E-state index contributed by atoms with van der Waals surface area (Å²) in [6, 6.07) is 10.1. The molecular formula is C12H11N3O2. The fraction of sp³-hybridized carbons (Fsp3) is 0. The lowest BCUT2D eigenvalue weighted by atomic mass is 10.0. The molecule has 17 heavy (non-hydrogen) atoms. The normalized spacial score (nSPS) is 10.1. The number of rotatable bonds is 2. The number of nitrogens with two attached hydrogens (primary N) is 2. The van der Waals surface area contributed by atoms with Crippen LogP contribution in [0.25, 0.3) is 11.1 Å². The van der Waals surface area contributed by atoms with Gasteiger partial charge in [-0.2, -0.15) is 0 Å². The van der Waals surface area contributed by atoms with Crippen LogP contribution in [0.5, 0.6) is 0 Å². The van der Waals surface area contributed by atoms with Crippen LogP contribution in [-0.2, 0) is 0 Å². The number of benzene rings is 1. The molecule has 1 heterocycles. The summed E-state index contributed by atoms with van der Waals surface area (Å²) in [5.74, 6) is -0.925. The lowest BCUT2D eigenvalue weighted by Gasteiger charge is -2.06. The Morgan fingerprint density at radius 2 is 1.71 bits per heavy atom. The molecule has 0 amide bonds. The quantitative estimate of drug-likeness (QED) is 0.679. The molecule has 0 bridgehead atoms. The van der Waals surface area contributed by atoms with Gasteiger partial charge in [0, 0.05) is 11.3 Å². The third-order valence-electron chi connectivity index (χ3n) is 2.34. The fourth-order valence-electron chi connectivity index (χ4n) is 1.53. The fourth-order valence-corrected chi connectivity index (χ4v) is 1.53. The molecule has 0 atom stereocenters. The van der Waals surface area contributed by atoms with Gasteiger partial charge in [-0.1, -0.05) is 12.1 Å². The smallest absolute Gasteiger partial charge is 0.355 e. The monoisotopic (exact) mass is 229 g/mol. The molecule has 2 rings (SSSR count). The topological polar surface area (TPSA) is 102 Å². The van der Waals surface area contributed by atoms with Crippen LogP contribution in [0, 0.1) is 0 Å². The van der Waals surface area contributed by atoms with Crippen molar-refractivity contribution in [1.82, 2.24) is 4.98 Å². The van der Waals surface area contributed by atoms with Crippen molar-refractivity contribution >= 4 is 17.5 Å². The minimum atomic E-state index is -1.11. The Balaban J connectivity index is 2.58. The van der Waals surface area contributed by atoms with Gasteiger partial charge in [0.05, 0.1) is 0 Å². The van der Waals surface area contributed by atoms with Crippen molar-refractivity contribution in [3.63, 3.8) is 0 Å². The van der Waals surface area contributed by atoms with Crippen molar-refractivity contribution in [2.24, 2.45) is 0 Å². The number of nitrogen functional groups attached to an aromatic ring is 2. The number of nitrogens with zero attached hydrogens (tertiary/aromatic N) is 1. The van der Waals surface area contributed by atoms with E-state index < -0.39 is 5.97 Å². The molecule has 0 fully saturated rings. The van der Waals surface area contributed by atoms with E-state index in [-0.39, 0.29) is 11.5 Å². The van der Waals surface area contributed by atoms with Gasteiger partial charge in [0.15, 0.2) is 5.69 Å². The highest BCUT2D eigenvalue weighted by Crippen LogP contribution is 2.24. The molecule has 5 nitrogen and oxygen atoms in total. The molecule has 5 heteroatoms. The van der Waals surface area contributed by atoms with Gasteiger partial charge in [0.1, 0.15) is 5.82 Å². The van der Waals surface area contributed by atoms with Gasteiger partial charge in [-0.25, -0.2) is 9.78 Å². The van der Waals surface area contributed by atoms with E-state index in [0.717, 1.165) is 5.56 Å². The first-order chi connectivity index (χ1) is 8.08. The Kier molecular flexibility index (Phi) is 2.66. The third kappa shape index (κ3) is 2.17. The molecule has 0 radical (unpaired) electrons. The minimum Gasteiger partial charge on any atom is -0.476 e. The van der Waals surface area contributed by atoms with Gasteiger partial charge in [0.25, 0.3) is 0 Å². The SMILES string of the molecule is Nc1ccc(-c2ccc(N)nc2C(=O)O)cc1. The first-order valence-corrected chi connectivity index (χ1v) is 4.93. The van der Waals surface area contributed by atoms with Gasteiger partial charge >= 0.3 is 5.97 Å². The number of hydrogen-bond donors (Lipinski definition) is 3. The van der Waals surface area contributed by atoms with Gasteiger partial charge in [0.2, 0.25) is 0 Å². The van der Waals surface area contributed by atoms with Crippen LogP contribution in [-0.4, -0.2) is 16.1 Å². The Morgan fingerprint density at radius 3 is 2.29 bits per heavy atom. The lowest BCUT2D eigenvalue weighted by Crippen LogP contribution is -2.05. The van der Waals surface area contributed by atoms with Crippen molar-refractivity contribution in [3.05, 3.63) is 42.1 Å². The number of aromatic nitrogens is 1. The Morgan fingerprint density at radius 1 is 1.06 bits per heavy atom. The van der Waals surface area contributed by atoms with E-state index in [1.54, 1.807) is 36.4 Å². The molecule has 0 aliphatic rings. The Hall–Kier alpha value is -2.56. The van der Waals surface area contributed by atoms with Crippen molar-refractivity contribution in [2.45, 2.75) is 0 Å². The highest BCUT2D eigenvalue weighted by Gasteiger charge is 2.13. The van der Waals surface area contributed by atoms with Gasteiger partial charge in [-0.15, -0.1) is 0 Å². The number of pyridine rings is 1. The largest absolute Gasteiger partial charge is 0.476 e. The number of anilines is 2.